The van der Waals surface area contributed by atoms with Gasteiger partial charge < -0.3 is 10.1 Å². The molecule has 0 radical (unpaired) electrons. The van der Waals surface area contributed by atoms with Gasteiger partial charge in [-0.05, 0) is 30.2 Å². The molecule has 4 nitrogen and oxygen atoms in total. The van der Waals surface area contributed by atoms with Crippen LogP contribution in [0.25, 0.3) is 0 Å². The minimum atomic E-state index is -4.75. The first-order valence-electron chi connectivity index (χ1n) is 8.10. The second-order valence-corrected chi connectivity index (χ2v) is 6.01. The Bertz CT molecular complexity index is 819. The molecule has 2 atom stereocenters. The van der Waals surface area contributed by atoms with Gasteiger partial charge in [0, 0.05) is 6.42 Å². The Labute approximate surface area is 148 Å². The molecule has 0 aliphatic carbocycles. The number of aliphatic imine (C=N–C) groups is 1. The first-order valence-corrected chi connectivity index (χ1v) is 8.10. The molecule has 3 rings (SSSR count). The molecule has 1 aliphatic heterocycles. The van der Waals surface area contributed by atoms with Gasteiger partial charge in [-0.1, -0.05) is 42.5 Å². The lowest BCUT2D eigenvalue weighted by Gasteiger charge is -2.13. The first kappa shape index (κ1) is 18.0. The van der Waals surface area contributed by atoms with Gasteiger partial charge in [-0.3, -0.25) is 9.79 Å². The molecule has 136 valence electrons. The minimum absolute atomic E-state index is 0.185. The monoisotopic (exact) mass is 362 g/mol. The summed E-state index contributed by atoms with van der Waals surface area (Å²) in [7, 11) is 0. The number of benzene rings is 2. The van der Waals surface area contributed by atoms with Crippen molar-refractivity contribution in [2.75, 3.05) is 0 Å². The number of amides is 1. The number of hydrogen-bond donors (Lipinski definition) is 1. The fraction of sp³-hybridized carbons (Fsp3) is 0.263. The van der Waals surface area contributed by atoms with Crippen LogP contribution in [-0.4, -0.2) is 18.0 Å². The largest absolute Gasteiger partial charge is 0.573 e. The van der Waals surface area contributed by atoms with Crippen LogP contribution in [0, 0.1) is 0 Å². The van der Waals surface area contributed by atoms with Gasteiger partial charge in [-0.2, -0.15) is 0 Å². The van der Waals surface area contributed by atoms with Crippen LogP contribution in [0.1, 0.15) is 36.6 Å². The molecule has 1 N–H and O–H groups in total. The van der Waals surface area contributed by atoms with E-state index in [2.05, 4.69) is 15.0 Å². The summed E-state index contributed by atoms with van der Waals surface area (Å²) < 4.78 is 41.0. The second kappa shape index (κ2) is 7.19. The maximum absolute atomic E-state index is 12.4. The van der Waals surface area contributed by atoms with E-state index >= 15 is 0 Å². The predicted octanol–water partition coefficient (Wildman–Crippen LogP) is 4.35. The Kier molecular flexibility index (Phi) is 4.97. The average Bonchev–Trinajstić information content (AvgIpc) is 2.95. The lowest BCUT2D eigenvalue weighted by molar-refractivity contribution is -0.274. The molecule has 1 aliphatic rings. The number of nitrogens with one attached hydrogen (secondary N) is 1. The zero-order chi connectivity index (χ0) is 18.7. The Morgan fingerprint density at radius 2 is 1.88 bits per heavy atom. The van der Waals surface area contributed by atoms with Crippen LogP contribution in [0.15, 0.2) is 59.6 Å². The molecule has 1 heterocycles. The van der Waals surface area contributed by atoms with E-state index in [1.807, 2.05) is 37.3 Å². The second-order valence-electron chi connectivity index (χ2n) is 6.01. The van der Waals surface area contributed by atoms with E-state index < -0.39 is 12.4 Å². The third kappa shape index (κ3) is 4.41. The summed E-state index contributed by atoms with van der Waals surface area (Å²) in [5.74, 6) is -0.618. The maximum Gasteiger partial charge on any atom is 0.573 e. The van der Waals surface area contributed by atoms with Gasteiger partial charge in [0.15, 0.2) is 0 Å². The Morgan fingerprint density at radius 1 is 1.15 bits per heavy atom. The summed E-state index contributed by atoms with van der Waals surface area (Å²) in [5, 5.41) is 2.76. The number of alkyl halides is 3. The van der Waals surface area contributed by atoms with Crippen LogP contribution in [0.2, 0.25) is 0 Å². The fourth-order valence-corrected chi connectivity index (χ4v) is 2.86. The van der Waals surface area contributed by atoms with Gasteiger partial charge in [0.05, 0.1) is 12.1 Å². The van der Waals surface area contributed by atoms with E-state index in [1.165, 1.54) is 18.2 Å². The van der Waals surface area contributed by atoms with Crippen molar-refractivity contribution in [1.82, 2.24) is 5.32 Å². The standard InChI is InChI=1S/C19H17F3N2O2/c1-12(13-6-3-2-4-7-13)23-17-11-16(24-18(17)25)14-8-5-9-15(10-14)26-19(20,21)22/h2-10,12,16H,11H2,1H3,(H,24,25)/t12-,16?/m1/s1. The molecular weight excluding hydrogens is 345 g/mol. The molecule has 1 amide bonds. The zero-order valence-electron chi connectivity index (χ0n) is 14.0. The molecule has 1 saturated heterocycles. The smallest absolute Gasteiger partial charge is 0.406 e. The van der Waals surface area contributed by atoms with Crippen LogP contribution in [0.5, 0.6) is 5.75 Å². The van der Waals surface area contributed by atoms with Crippen molar-refractivity contribution in [2.45, 2.75) is 31.8 Å². The van der Waals surface area contributed by atoms with E-state index in [1.54, 1.807) is 6.07 Å². The summed E-state index contributed by atoms with van der Waals surface area (Å²) in [6, 6.07) is 14.6. The lowest BCUT2D eigenvalue weighted by atomic mass is 10.0. The number of nitrogens with zero attached hydrogens (tertiary/aromatic N) is 1. The number of carbonyl (C=O) groups excluding carboxylic acids is 1. The maximum atomic E-state index is 12.4. The van der Waals surface area contributed by atoms with Crippen LogP contribution in [-0.2, 0) is 4.79 Å². The van der Waals surface area contributed by atoms with E-state index in [-0.39, 0.29) is 17.7 Å². The van der Waals surface area contributed by atoms with E-state index in [4.69, 9.17) is 0 Å². The number of halogens is 3. The van der Waals surface area contributed by atoms with Crippen molar-refractivity contribution >= 4 is 11.6 Å². The number of hydrogen-bond acceptors (Lipinski definition) is 3. The molecule has 7 heteroatoms. The fourth-order valence-electron chi connectivity index (χ4n) is 2.86. The third-order valence-corrected chi connectivity index (χ3v) is 4.09. The van der Waals surface area contributed by atoms with E-state index in [0.717, 1.165) is 5.56 Å². The normalized spacial score (nSPS) is 20.1. The van der Waals surface area contributed by atoms with Crippen molar-refractivity contribution in [1.29, 1.82) is 0 Å². The van der Waals surface area contributed by atoms with Crippen molar-refractivity contribution in [3.63, 3.8) is 0 Å². The minimum Gasteiger partial charge on any atom is -0.406 e. The van der Waals surface area contributed by atoms with Crippen molar-refractivity contribution in [3.05, 3.63) is 65.7 Å². The average molecular weight is 362 g/mol. The lowest BCUT2D eigenvalue weighted by Crippen LogP contribution is -2.22. The number of carbonyl (C=O) groups is 1. The SMILES string of the molecule is C[C@@H](N=C1CC(c2cccc(OC(F)(F)F)c2)NC1=O)c1ccccc1. The topological polar surface area (TPSA) is 50.7 Å². The van der Waals surface area contributed by atoms with E-state index in [0.29, 0.717) is 17.7 Å². The molecule has 0 saturated carbocycles. The Balaban J connectivity index is 1.75. The Hall–Kier alpha value is -2.83. The summed E-state index contributed by atoms with van der Waals surface area (Å²) in [6.07, 6.45) is -4.44. The van der Waals surface area contributed by atoms with Crippen molar-refractivity contribution in [2.24, 2.45) is 4.99 Å². The van der Waals surface area contributed by atoms with Gasteiger partial charge in [0.25, 0.3) is 5.91 Å². The summed E-state index contributed by atoms with van der Waals surface area (Å²) in [6.45, 7) is 1.89. The summed E-state index contributed by atoms with van der Waals surface area (Å²) >= 11 is 0. The quantitative estimate of drug-likeness (QED) is 0.879. The first-order chi connectivity index (χ1) is 12.3. The predicted molar refractivity (Wildman–Crippen MR) is 90.9 cm³/mol. The highest BCUT2D eigenvalue weighted by Gasteiger charge is 2.33. The summed E-state index contributed by atoms with van der Waals surface area (Å²) in [5.41, 5.74) is 1.91. The van der Waals surface area contributed by atoms with Gasteiger partial charge in [-0.25, -0.2) is 0 Å². The number of ether oxygens (including phenoxy) is 1. The highest BCUT2D eigenvalue weighted by atomic mass is 19.4. The highest BCUT2D eigenvalue weighted by molar-refractivity contribution is 6.41. The van der Waals surface area contributed by atoms with Gasteiger partial charge in [0.2, 0.25) is 0 Å². The molecule has 2 aromatic rings. The van der Waals surface area contributed by atoms with Crippen molar-refractivity contribution < 1.29 is 22.7 Å². The molecule has 26 heavy (non-hydrogen) atoms. The van der Waals surface area contributed by atoms with Crippen LogP contribution in [0.3, 0.4) is 0 Å². The molecular formula is C19H17F3N2O2. The van der Waals surface area contributed by atoms with Crippen LogP contribution in [0.4, 0.5) is 13.2 Å². The number of rotatable bonds is 4. The van der Waals surface area contributed by atoms with E-state index in [9.17, 15) is 18.0 Å². The zero-order valence-corrected chi connectivity index (χ0v) is 14.0. The van der Waals surface area contributed by atoms with Gasteiger partial charge in [-0.15, -0.1) is 13.2 Å². The third-order valence-electron chi connectivity index (χ3n) is 4.09. The molecule has 1 unspecified atom stereocenters. The van der Waals surface area contributed by atoms with Crippen molar-refractivity contribution in [3.8, 4) is 5.75 Å². The van der Waals surface area contributed by atoms with Gasteiger partial charge >= 0.3 is 6.36 Å². The molecule has 0 spiro atoms. The van der Waals surface area contributed by atoms with Crippen LogP contribution >= 0.6 is 0 Å². The molecule has 0 aromatic heterocycles. The highest BCUT2D eigenvalue weighted by Crippen LogP contribution is 2.29. The summed E-state index contributed by atoms with van der Waals surface area (Å²) in [4.78, 5) is 16.7. The van der Waals surface area contributed by atoms with Gasteiger partial charge in [0.1, 0.15) is 11.5 Å². The van der Waals surface area contributed by atoms with Crippen LogP contribution < -0.4 is 10.1 Å². The molecule has 0 bridgehead atoms. The molecule has 2 aromatic carbocycles. The Morgan fingerprint density at radius 3 is 2.58 bits per heavy atom. The molecule has 1 fully saturated rings.